The molecule has 0 bridgehead atoms. The van der Waals surface area contributed by atoms with Gasteiger partial charge in [-0.1, -0.05) is 34.8 Å². The lowest BCUT2D eigenvalue weighted by molar-refractivity contribution is -0.384. The maximum absolute atomic E-state index is 11.8. The molecular formula is C19H12Cl3N3O5. The molecule has 0 unspecified atom stereocenters. The number of hydrogen-bond donors (Lipinski definition) is 1. The fraction of sp³-hybridized carbons (Fsp3) is 0.0526. The number of nitro groups is 1. The fourth-order valence-corrected chi connectivity index (χ4v) is 2.86. The van der Waals surface area contributed by atoms with Crippen LogP contribution >= 0.6 is 34.8 Å². The lowest BCUT2D eigenvalue weighted by Gasteiger charge is -2.07. The molecule has 154 valence electrons. The Morgan fingerprint density at radius 3 is 2.67 bits per heavy atom. The molecule has 0 aliphatic rings. The number of halogens is 3. The highest BCUT2D eigenvalue weighted by Gasteiger charge is 2.14. The zero-order valence-corrected chi connectivity index (χ0v) is 17.2. The number of nitro benzene ring substituents is 1. The first-order chi connectivity index (χ1) is 14.3. The van der Waals surface area contributed by atoms with Crippen LogP contribution in [0, 0.1) is 10.1 Å². The first-order valence-electron chi connectivity index (χ1n) is 8.27. The van der Waals surface area contributed by atoms with E-state index in [2.05, 4.69) is 10.5 Å². The normalized spacial score (nSPS) is 10.9. The van der Waals surface area contributed by atoms with Crippen LogP contribution in [-0.4, -0.2) is 23.7 Å². The summed E-state index contributed by atoms with van der Waals surface area (Å²) in [6, 6.07) is 11.8. The highest BCUT2D eigenvalue weighted by atomic mass is 35.5. The number of amides is 1. The average molecular weight is 469 g/mol. The maximum Gasteiger partial charge on any atom is 0.277 e. The van der Waals surface area contributed by atoms with Gasteiger partial charge in [0.05, 0.1) is 21.2 Å². The number of carbonyl (C=O) groups is 1. The van der Waals surface area contributed by atoms with Gasteiger partial charge in [-0.2, -0.15) is 5.10 Å². The molecule has 0 radical (unpaired) electrons. The van der Waals surface area contributed by atoms with E-state index in [1.165, 1.54) is 30.5 Å². The van der Waals surface area contributed by atoms with E-state index in [9.17, 15) is 14.9 Å². The molecular weight excluding hydrogens is 457 g/mol. The maximum atomic E-state index is 11.8. The van der Waals surface area contributed by atoms with Gasteiger partial charge in [0.1, 0.15) is 17.3 Å². The second-order valence-electron chi connectivity index (χ2n) is 5.78. The number of benzene rings is 2. The molecule has 30 heavy (non-hydrogen) atoms. The van der Waals surface area contributed by atoms with Crippen LogP contribution in [0.2, 0.25) is 15.1 Å². The van der Waals surface area contributed by atoms with Gasteiger partial charge in [0.2, 0.25) is 0 Å². The third-order valence-electron chi connectivity index (χ3n) is 3.69. The van der Waals surface area contributed by atoms with Crippen molar-refractivity contribution in [2.24, 2.45) is 5.10 Å². The lowest BCUT2D eigenvalue weighted by atomic mass is 10.1. The molecule has 1 aromatic heterocycles. The van der Waals surface area contributed by atoms with Crippen molar-refractivity contribution in [1.82, 2.24) is 5.43 Å². The predicted molar refractivity (Wildman–Crippen MR) is 114 cm³/mol. The van der Waals surface area contributed by atoms with Crippen molar-refractivity contribution in [3.05, 3.63) is 79.5 Å². The third-order valence-corrected chi connectivity index (χ3v) is 4.56. The quantitative estimate of drug-likeness (QED) is 0.286. The summed E-state index contributed by atoms with van der Waals surface area (Å²) in [5, 5.41) is 15.7. The Kier molecular flexibility index (Phi) is 6.94. The Morgan fingerprint density at radius 1 is 1.13 bits per heavy atom. The highest BCUT2D eigenvalue weighted by molar-refractivity contribution is 6.34. The monoisotopic (exact) mass is 467 g/mol. The summed E-state index contributed by atoms with van der Waals surface area (Å²) in [5.41, 5.74) is 2.52. The molecule has 8 nitrogen and oxygen atoms in total. The first-order valence-corrected chi connectivity index (χ1v) is 9.41. The van der Waals surface area contributed by atoms with Gasteiger partial charge in [0, 0.05) is 28.8 Å². The minimum absolute atomic E-state index is 0.118. The first kappa shape index (κ1) is 21.6. The van der Waals surface area contributed by atoms with Crippen LogP contribution in [0.1, 0.15) is 5.76 Å². The number of carbonyl (C=O) groups excluding carboxylic acids is 1. The van der Waals surface area contributed by atoms with Gasteiger partial charge in [0.25, 0.3) is 11.6 Å². The van der Waals surface area contributed by atoms with E-state index >= 15 is 0 Å². The number of nitrogens with one attached hydrogen (secondary N) is 1. The summed E-state index contributed by atoms with van der Waals surface area (Å²) in [7, 11) is 0. The molecule has 0 aliphatic heterocycles. The summed E-state index contributed by atoms with van der Waals surface area (Å²) >= 11 is 17.9. The van der Waals surface area contributed by atoms with Crippen molar-refractivity contribution in [3.8, 4) is 17.1 Å². The van der Waals surface area contributed by atoms with Gasteiger partial charge >= 0.3 is 0 Å². The van der Waals surface area contributed by atoms with Crippen LogP contribution in [0.15, 0.2) is 58.0 Å². The highest BCUT2D eigenvalue weighted by Crippen LogP contribution is 2.32. The van der Waals surface area contributed by atoms with E-state index in [1.54, 1.807) is 24.3 Å². The minimum atomic E-state index is -0.532. The average Bonchev–Trinajstić information content (AvgIpc) is 3.17. The number of ether oxygens (including phenoxy) is 1. The Bertz CT molecular complexity index is 1130. The zero-order valence-electron chi connectivity index (χ0n) is 15.0. The van der Waals surface area contributed by atoms with Gasteiger partial charge in [0.15, 0.2) is 6.61 Å². The van der Waals surface area contributed by atoms with Crippen LogP contribution in [0.25, 0.3) is 11.3 Å². The number of hydrazone groups is 1. The fourth-order valence-electron chi connectivity index (χ4n) is 2.31. The molecule has 0 atom stereocenters. The zero-order chi connectivity index (χ0) is 21.7. The van der Waals surface area contributed by atoms with Crippen molar-refractivity contribution >= 4 is 52.6 Å². The number of non-ortho nitro benzene ring substituents is 1. The number of rotatable bonds is 7. The third kappa shape index (κ3) is 5.50. The molecule has 1 amide bonds. The van der Waals surface area contributed by atoms with E-state index < -0.39 is 10.8 Å². The van der Waals surface area contributed by atoms with E-state index in [0.29, 0.717) is 32.2 Å². The van der Waals surface area contributed by atoms with Crippen molar-refractivity contribution in [3.63, 3.8) is 0 Å². The molecule has 0 saturated heterocycles. The second-order valence-corrected chi connectivity index (χ2v) is 7.03. The molecule has 3 rings (SSSR count). The Hall–Kier alpha value is -3.07. The largest absolute Gasteiger partial charge is 0.482 e. The van der Waals surface area contributed by atoms with Gasteiger partial charge < -0.3 is 9.15 Å². The summed E-state index contributed by atoms with van der Waals surface area (Å²) in [4.78, 5) is 22.2. The van der Waals surface area contributed by atoms with Crippen LogP contribution in [-0.2, 0) is 4.79 Å². The molecule has 2 aromatic carbocycles. The number of hydrogen-bond acceptors (Lipinski definition) is 6. The van der Waals surface area contributed by atoms with Crippen molar-refractivity contribution < 1.29 is 18.9 Å². The molecule has 1 heterocycles. The topological polar surface area (TPSA) is 107 Å². The molecule has 11 heteroatoms. The standard InChI is InChI=1S/C19H12Cl3N3O5/c20-11-1-4-16(22)18(7-11)29-10-19(26)24-23-9-13-3-6-17(30-13)14-8-12(25(27)28)2-5-15(14)21/h1-9H,10H2,(H,24,26)/b23-9-. The lowest BCUT2D eigenvalue weighted by Crippen LogP contribution is -2.24. The summed E-state index contributed by atoms with van der Waals surface area (Å²) < 4.78 is 10.8. The molecule has 0 saturated carbocycles. The van der Waals surface area contributed by atoms with Gasteiger partial charge in [-0.25, -0.2) is 5.43 Å². The smallest absolute Gasteiger partial charge is 0.277 e. The molecule has 0 fully saturated rings. The van der Waals surface area contributed by atoms with Gasteiger partial charge in [-0.15, -0.1) is 0 Å². The Balaban J connectivity index is 1.59. The van der Waals surface area contributed by atoms with Crippen LogP contribution in [0.5, 0.6) is 5.75 Å². The Morgan fingerprint density at radius 2 is 1.90 bits per heavy atom. The molecule has 0 aliphatic carbocycles. The van der Waals surface area contributed by atoms with Gasteiger partial charge in [-0.05, 0) is 30.3 Å². The summed E-state index contributed by atoms with van der Waals surface area (Å²) in [5.74, 6) is 0.352. The minimum Gasteiger partial charge on any atom is -0.482 e. The second kappa shape index (κ2) is 9.62. The summed E-state index contributed by atoms with van der Waals surface area (Å²) in [6.07, 6.45) is 1.26. The van der Waals surface area contributed by atoms with Crippen molar-refractivity contribution in [2.45, 2.75) is 0 Å². The number of nitrogens with zero attached hydrogens (tertiary/aromatic N) is 2. The van der Waals surface area contributed by atoms with E-state index in [1.807, 2.05) is 0 Å². The van der Waals surface area contributed by atoms with Crippen molar-refractivity contribution in [1.29, 1.82) is 0 Å². The number of furan rings is 1. The molecule has 1 N–H and O–H groups in total. The predicted octanol–water partition coefficient (Wildman–Crippen LogP) is 5.34. The molecule has 0 spiro atoms. The summed E-state index contributed by atoms with van der Waals surface area (Å²) in [6.45, 7) is -0.329. The SMILES string of the molecule is O=C(COc1cc(Cl)ccc1Cl)N/N=C\c1ccc(-c2cc([N+](=O)[O-])ccc2Cl)o1. The van der Waals surface area contributed by atoms with Crippen molar-refractivity contribution in [2.75, 3.05) is 6.61 Å². The Labute approximate surface area is 185 Å². The van der Waals surface area contributed by atoms with E-state index in [4.69, 9.17) is 44.0 Å². The molecule has 3 aromatic rings. The van der Waals surface area contributed by atoms with Gasteiger partial charge in [-0.3, -0.25) is 14.9 Å². The van der Waals surface area contributed by atoms with E-state index in [0.717, 1.165) is 0 Å². The van der Waals surface area contributed by atoms with Crippen LogP contribution in [0.4, 0.5) is 5.69 Å². The van der Waals surface area contributed by atoms with E-state index in [-0.39, 0.29) is 18.0 Å². The van der Waals surface area contributed by atoms with Crippen LogP contribution < -0.4 is 10.2 Å². The van der Waals surface area contributed by atoms with Crippen LogP contribution in [0.3, 0.4) is 0 Å².